The molecule has 0 bridgehead atoms. The molecular formula is C11H14Cl2N2O2. The molecule has 1 rings (SSSR count). The van der Waals surface area contributed by atoms with E-state index in [2.05, 4.69) is 10.6 Å². The molecule has 94 valence electrons. The lowest BCUT2D eigenvalue weighted by molar-refractivity contribution is 0.198. The van der Waals surface area contributed by atoms with Crippen molar-refractivity contribution in [1.29, 1.82) is 0 Å². The van der Waals surface area contributed by atoms with E-state index in [9.17, 15) is 4.79 Å². The Morgan fingerprint density at radius 1 is 1.35 bits per heavy atom. The Labute approximate surface area is 110 Å². The van der Waals surface area contributed by atoms with E-state index in [1.165, 1.54) is 0 Å². The Morgan fingerprint density at radius 3 is 2.47 bits per heavy atom. The van der Waals surface area contributed by atoms with Crippen molar-refractivity contribution in [3.8, 4) is 0 Å². The van der Waals surface area contributed by atoms with Gasteiger partial charge in [0, 0.05) is 29.4 Å². The maximum absolute atomic E-state index is 11.4. The predicted molar refractivity (Wildman–Crippen MR) is 70.1 cm³/mol. The van der Waals surface area contributed by atoms with Gasteiger partial charge in [0.05, 0.1) is 6.61 Å². The molecule has 2 amide bonds. The van der Waals surface area contributed by atoms with Crippen molar-refractivity contribution in [2.75, 3.05) is 25.6 Å². The third kappa shape index (κ3) is 4.42. The topological polar surface area (TPSA) is 50.4 Å². The van der Waals surface area contributed by atoms with Gasteiger partial charge in [-0.25, -0.2) is 4.79 Å². The number of carbonyl (C=O) groups is 1. The molecule has 0 heterocycles. The first kappa shape index (κ1) is 14.1. The lowest BCUT2D eigenvalue weighted by Crippen LogP contribution is -2.31. The zero-order valence-corrected chi connectivity index (χ0v) is 11.2. The number of hydrogen-bond acceptors (Lipinski definition) is 2. The van der Waals surface area contributed by atoms with E-state index < -0.39 is 0 Å². The highest BCUT2D eigenvalue weighted by Gasteiger charge is 2.06. The van der Waals surface area contributed by atoms with Crippen molar-refractivity contribution >= 4 is 34.9 Å². The summed E-state index contributed by atoms with van der Waals surface area (Å²) >= 11 is 11.9. The van der Waals surface area contributed by atoms with Gasteiger partial charge in [0.1, 0.15) is 0 Å². The molecule has 1 aromatic rings. The van der Waals surface area contributed by atoms with E-state index >= 15 is 0 Å². The molecule has 0 spiro atoms. The third-order valence-corrected chi connectivity index (χ3v) is 2.92. The Morgan fingerprint density at radius 2 is 1.94 bits per heavy atom. The number of hydrogen-bond donors (Lipinski definition) is 2. The molecule has 0 atom stereocenters. The summed E-state index contributed by atoms with van der Waals surface area (Å²) in [7, 11) is 1.57. The molecule has 0 saturated carbocycles. The summed E-state index contributed by atoms with van der Waals surface area (Å²) in [5.74, 6) is 0. The molecule has 1 aromatic carbocycles. The third-order valence-electron chi connectivity index (χ3n) is 2.13. The molecular weight excluding hydrogens is 263 g/mol. The maximum atomic E-state index is 11.4. The first-order valence-electron chi connectivity index (χ1n) is 5.04. The highest BCUT2D eigenvalue weighted by atomic mass is 35.5. The van der Waals surface area contributed by atoms with Crippen LogP contribution < -0.4 is 10.6 Å². The van der Waals surface area contributed by atoms with Crippen LogP contribution in [-0.4, -0.2) is 26.3 Å². The van der Waals surface area contributed by atoms with Crippen molar-refractivity contribution < 1.29 is 9.53 Å². The average Bonchev–Trinajstić information content (AvgIpc) is 2.26. The van der Waals surface area contributed by atoms with Crippen molar-refractivity contribution in [2.45, 2.75) is 6.92 Å². The Hall–Kier alpha value is -0.970. The molecule has 0 aliphatic rings. The number of halogens is 2. The molecule has 0 aliphatic heterocycles. The van der Waals surface area contributed by atoms with Gasteiger partial charge in [-0.3, -0.25) is 0 Å². The normalized spacial score (nSPS) is 10.1. The molecule has 4 nitrogen and oxygen atoms in total. The van der Waals surface area contributed by atoms with Gasteiger partial charge in [-0.15, -0.1) is 0 Å². The number of anilines is 1. The number of rotatable bonds is 4. The smallest absolute Gasteiger partial charge is 0.319 e. The Balaban J connectivity index is 2.60. The molecule has 0 aromatic heterocycles. The molecule has 0 aliphatic carbocycles. The molecule has 0 saturated heterocycles. The van der Waals surface area contributed by atoms with Crippen molar-refractivity contribution in [3.05, 3.63) is 27.7 Å². The second-order valence-electron chi connectivity index (χ2n) is 3.44. The second kappa shape index (κ2) is 6.69. The van der Waals surface area contributed by atoms with Crippen LogP contribution in [0.1, 0.15) is 5.56 Å². The van der Waals surface area contributed by atoms with Gasteiger partial charge in [0.2, 0.25) is 0 Å². The van der Waals surface area contributed by atoms with E-state index in [-0.39, 0.29) is 6.03 Å². The summed E-state index contributed by atoms with van der Waals surface area (Å²) in [6.45, 7) is 2.71. The molecule has 6 heteroatoms. The van der Waals surface area contributed by atoms with Crippen LogP contribution in [0.3, 0.4) is 0 Å². The van der Waals surface area contributed by atoms with Gasteiger partial charge in [-0.1, -0.05) is 23.2 Å². The minimum Gasteiger partial charge on any atom is -0.383 e. The summed E-state index contributed by atoms with van der Waals surface area (Å²) in [4.78, 5) is 11.4. The number of nitrogens with one attached hydrogen (secondary N) is 2. The highest BCUT2D eigenvalue weighted by Crippen LogP contribution is 2.27. The summed E-state index contributed by atoms with van der Waals surface area (Å²) in [6.07, 6.45) is 0. The summed E-state index contributed by atoms with van der Waals surface area (Å²) < 4.78 is 4.81. The minimum atomic E-state index is -0.321. The average molecular weight is 277 g/mol. The largest absolute Gasteiger partial charge is 0.383 e. The Bertz CT molecular complexity index is 387. The lowest BCUT2D eigenvalue weighted by atomic mass is 10.2. The first-order valence-corrected chi connectivity index (χ1v) is 5.79. The highest BCUT2D eigenvalue weighted by molar-refractivity contribution is 6.36. The van der Waals surface area contributed by atoms with Crippen LogP contribution in [0.5, 0.6) is 0 Å². The van der Waals surface area contributed by atoms with Crippen LogP contribution in [0.4, 0.5) is 10.5 Å². The zero-order chi connectivity index (χ0) is 12.8. The lowest BCUT2D eigenvalue weighted by Gasteiger charge is -2.09. The van der Waals surface area contributed by atoms with Crippen LogP contribution >= 0.6 is 23.2 Å². The number of ether oxygens (including phenoxy) is 1. The van der Waals surface area contributed by atoms with E-state index in [1.807, 2.05) is 6.92 Å². The quantitative estimate of drug-likeness (QED) is 0.831. The van der Waals surface area contributed by atoms with Crippen molar-refractivity contribution in [3.63, 3.8) is 0 Å². The first-order chi connectivity index (χ1) is 8.04. The van der Waals surface area contributed by atoms with Gasteiger partial charge >= 0.3 is 6.03 Å². The minimum absolute atomic E-state index is 0.321. The van der Waals surface area contributed by atoms with Crippen LogP contribution in [0.15, 0.2) is 12.1 Å². The molecule has 2 N–H and O–H groups in total. The fourth-order valence-electron chi connectivity index (χ4n) is 1.16. The standard InChI is InChI=1S/C11H14Cl2N2O2/c1-7-9(12)5-8(6-10(7)13)15-11(16)14-3-4-17-2/h5-6H,3-4H2,1-2H3,(H2,14,15,16). The molecule has 0 radical (unpaired) electrons. The fourth-order valence-corrected chi connectivity index (χ4v) is 1.65. The van der Waals surface area contributed by atoms with Crippen LogP contribution in [0.2, 0.25) is 10.0 Å². The van der Waals surface area contributed by atoms with E-state index in [4.69, 9.17) is 27.9 Å². The summed E-state index contributed by atoms with van der Waals surface area (Å²) in [5.41, 5.74) is 1.35. The summed E-state index contributed by atoms with van der Waals surface area (Å²) in [5, 5.41) is 6.30. The SMILES string of the molecule is COCCNC(=O)Nc1cc(Cl)c(C)c(Cl)c1. The number of methoxy groups -OCH3 is 1. The predicted octanol–water partition coefficient (Wildman–Crippen LogP) is 3.07. The van der Waals surface area contributed by atoms with Gasteiger partial charge in [0.25, 0.3) is 0 Å². The van der Waals surface area contributed by atoms with Gasteiger partial charge in [-0.05, 0) is 24.6 Å². The van der Waals surface area contributed by atoms with Gasteiger partial charge in [0.15, 0.2) is 0 Å². The van der Waals surface area contributed by atoms with Crippen molar-refractivity contribution in [2.24, 2.45) is 0 Å². The molecule has 17 heavy (non-hydrogen) atoms. The van der Waals surface area contributed by atoms with Gasteiger partial charge in [-0.2, -0.15) is 0 Å². The van der Waals surface area contributed by atoms with E-state index in [0.29, 0.717) is 28.9 Å². The Kier molecular flexibility index (Phi) is 5.55. The fraction of sp³-hybridized carbons (Fsp3) is 0.364. The van der Waals surface area contributed by atoms with Crippen LogP contribution in [0, 0.1) is 6.92 Å². The maximum Gasteiger partial charge on any atom is 0.319 e. The number of amides is 2. The number of benzene rings is 1. The van der Waals surface area contributed by atoms with E-state index in [1.54, 1.807) is 19.2 Å². The molecule has 0 fully saturated rings. The number of urea groups is 1. The van der Waals surface area contributed by atoms with E-state index in [0.717, 1.165) is 5.56 Å². The second-order valence-corrected chi connectivity index (χ2v) is 4.25. The van der Waals surface area contributed by atoms with Crippen LogP contribution in [-0.2, 0) is 4.74 Å². The zero-order valence-electron chi connectivity index (χ0n) is 9.64. The van der Waals surface area contributed by atoms with Gasteiger partial charge < -0.3 is 15.4 Å². The van der Waals surface area contributed by atoms with Crippen molar-refractivity contribution in [1.82, 2.24) is 5.32 Å². The number of carbonyl (C=O) groups excluding carboxylic acids is 1. The monoisotopic (exact) mass is 276 g/mol. The summed E-state index contributed by atoms with van der Waals surface area (Å²) in [6, 6.07) is 2.98. The molecule has 0 unspecified atom stereocenters. The van der Waals surface area contributed by atoms with Crippen LogP contribution in [0.25, 0.3) is 0 Å².